The molecule has 1 aromatic rings. The predicted molar refractivity (Wildman–Crippen MR) is 61.7 cm³/mol. The quantitative estimate of drug-likeness (QED) is 0.596. The third kappa shape index (κ3) is 1.68. The van der Waals surface area contributed by atoms with Gasteiger partial charge in [0.05, 0.1) is 0 Å². The van der Waals surface area contributed by atoms with Gasteiger partial charge in [-0.3, -0.25) is 0 Å². The molecule has 0 saturated heterocycles. The molecule has 0 nitrogen and oxygen atoms in total. The van der Waals surface area contributed by atoms with Gasteiger partial charge in [0.2, 0.25) is 0 Å². The third-order valence-corrected chi connectivity index (χ3v) is 3.61. The molecular weight excluding hydrogens is 187 g/mol. The molecule has 0 saturated carbocycles. The molecule has 0 amide bonds. The lowest BCUT2D eigenvalue weighted by Crippen LogP contribution is -2.17. The van der Waals surface area contributed by atoms with Gasteiger partial charge in [-0.05, 0) is 53.9 Å². The van der Waals surface area contributed by atoms with Crippen molar-refractivity contribution in [1.82, 2.24) is 0 Å². The Hall–Kier alpha value is -0.850. The van der Waals surface area contributed by atoms with Crippen molar-refractivity contribution in [3.8, 4) is 0 Å². The van der Waals surface area contributed by atoms with Gasteiger partial charge in [0.15, 0.2) is 0 Å². The van der Waals surface area contributed by atoms with Gasteiger partial charge < -0.3 is 0 Å². The van der Waals surface area contributed by atoms with E-state index in [1.54, 1.807) is 6.07 Å². The largest absolute Gasteiger partial charge is 0.207 e. The van der Waals surface area contributed by atoms with Crippen LogP contribution in [0.1, 0.15) is 49.8 Å². The Labute approximate surface area is 91.5 Å². The number of benzene rings is 1. The van der Waals surface area contributed by atoms with Crippen LogP contribution in [0.15, 0.2) is 12.1 Å². The highest BCUT2D eigenvalue weighted by atomic mass is 19.1. The zero-order valence-electron chi connectivity index (χ0n) is 10.0. The van der Waals surface area contributed by atoms with Crippen LogP contribution in [0.3, 0.4) is 0 Å². The number of halogens is 1. The summed E-state index contributed by atoms with van der Waals surface area (Å²) in [6, 6.07) is 3.53. The Morgan fingerprint density at radius 2 is 1.93 bits per heavy atom. The van der Waals surface area contributed by atoms with E-state index >= 15 is 0 Å². The molecule has 0 spiro atoms. The Morgan fingerprint density at radius 3 is 2.53 bits per heavy atom. The smallest absolute Gasteiger partial charge is 0.126 e. The van der Waals surface area contributed by atoms with E-state index in [1.807, 2.05) is 6.07 Å². The third-order valence-electron chi connectivity index (χ3n) is 3.61. The summed E-state index contributed by atoms with van der Waals surface area (Å²) < 4.78 is 13.9. The Morgan fingerprint density at radius 1 is 1.27 bits per heavy atom. The zero-order chi connectivity index (χ0) is 11.2. The van der Waals surface area contributed by atoms with Crippen LogP contribution < -0.4 is 0 Å². The molecule has 15 heavy (non-hydrogen) atoms. The van der Waals surface area contributed by atoms with Crippen molar-refractivity contribution in [2.75, 3.05) is 0 Å². The van der Waals surface area contributed by atoms with Crippen molar-refractivity contribution in [3.63, 3.8) is 0 Å². The van der Waals surface area contributed by atoms with Gasteiger partial charge in [-0.15, -0.1) is 0 Å². The van der Waals surface area contributed by atoms with Crippen LogP contribution in [0.5, 0.6) is 0 Å². The van der Waals surface area contributed by atoms with Gasteiger partial charge in [0, 0.05) is 0 Å². The molecule has 1 unspecified atom stereocenters. The number of aryl methyl sites for hydroxylation is 1. The lowest BCUT2D eigenvalue weighted by Gasteiger charge is -2.28. The highest BCUT2D eigenvalue weighted by Gasteiger charge is 2.34. The number of fused-ring (bicyclic) bond motifs is 1. The molecule has 0 aromatic heterocycles. The summed E-state index contributed by atoms with van der Waals surface area (Å²) in [4.78, 5) is 0. The summed E-state index contributed by atoms with van der Waals surface area (Å²) in [6.07, 6.45) is 2.14. The van der Waals surface area contributed by atoms with Crippen molar-refractivity contribution in [3.05, 3.63) is 34.6 Å². The minimum Gasteiger partial charge on any atom is -0.207 e. The molecule has 1 aliphatic carbocycles. The maximum Gasteiger partial charge on any atom is 0.126 e. The fourth-order valence-corrected chi connectivity index (χ4v) is 2.75. The standard InChI is InChI=1S/C14H19F/c1-9-5-8-12(15)13-10(9)6-7-11(13)14(2,3)4/h5,8,11H,6-7H2,1-4H3. The van der Waals surface area contributed by atoms with E-state index in [0.717, 1.165) is 18.4 Å². The molecule has 1 aliphatic rings. The summed E-state index contributed by atoms with van der Waals surface area (Å²) in [5.74, 6) is 0.375. The first-order valence-electron chi connectivity index (χ1n) is 5.69. The maximum atomic E-state index is 13.9. The lowest BCUT2D eigenvalue weighted by atomic mass is 9.77. The SMILES string of the molecule is Cc1ccc(F)c2c1CCC2C(C)(C)C. The molecule has 0 aliphatic heterocycles. The van der Waals surface area contributed by atoms with Crippen molar-refractivity contribution in [2.45, 2.75) is 46.5 Å². The molecule has 0 fully saturated rings. The van der Waals surface area contributed by atoms with Crippen LogP contribution in [-0.2, 0) is 6.42 Å². The summed E-state index contributed by atoms with van der Waals surface area (Å²) >= 11 is 0. The minimum atomic E-state index is -0.00646. The highest BCUT2D eigenvalue weighted by Crippen LogP contribution is 2.46. The monoisotopic (exact) mass is 206 g/mol. The molecule has 0 N–H and O–H groups in total. The summed E-state index contributed by atoms with van der Waals surface area (Å²) in [6.45, 7) is 8.70. The molecule has 0 radical (unpaired) electrons. The van der Waals surface area contributed by atoms with E-state index in [4.69, 9.17) is 0 Å². The topological polar surface area (TPSA) is 0 Å². The second kappa shape index (κ2) is 3.33. The molecule has 0 heterocycles. The fraction of sp³-hybridized carbons (Fsp3) is 0.571. The maximum absolute atomic E-state index is 13.9. The van der Waals surface area contributed by atoms with E-state index < -0.39 is 0 Å². The predicted octanol–water partition coefficient (Wildman–Crippen LogP) is 4.21. The molecule has 0 bridgehead atoms. The van der Waals surface area contributed by atoms with Gasteiger partial charge in [-0.2, -0.15) is 0 Å². The van der Waals surface area contributed by atoms with Crippen LogP contribution >= 0.6 is 0 Å². The summed E-state index contributed by atoms with van der Waals surface area (Å²) in [7, 11) is 0. The van der Waals surface area contributed by atoms with Gasteiger partial charge in [-0.1, -0.05) is 26.8 Å². The Balaban J connectivity index is 2.55. The van der Waals surface area contributed by atoms with Crippen molar-refractivity contribution >= 4 is 0 Å². The lowest BCUT2D eigenvalue weighted by molar-refractivity contribution is 0.312. The molecule has 1 heteroatoms. The minimum absolute atomic E-state index is 0.00646. The average molecular weight is 206 g/mol. The first kappa shape index (κ1) is 10.7. The van der Waals surface area contributed by atoms with Crippen LogP contribution in [0, 0.1) is 18.2 Å². The Kier molecular flexibility index (Phi) is 2.37. The normalized spacial score (nSPS) is 20.5. The molecule has 82 valence electrons. The van der Waals surface area contributed by atoms with E-state index in [1.165, 1.54) is 11.1 Å². The molecular formula is C14H19F. The van der Waals surface area contributed by atoms with Gasteiger partial charge >= 0.3 is 0 Å². The number of hydrogen-bond acceptors (Lipinski definition) is 0. The van der Waals surface area contributed by atoms with Crippen molar-refractivity contribution in [2.24, 2.45) is 5.41 Å². The van der Waals surface area contributed by atoms with Gasteiger partial charge in [-0.25, -0.2) is 4.39 Å². The molecule has 2 rings (SSSR count). The van der Waals surface area contributed by atoms with Crippen LogP contribution in [0.25, 0.3) is 0 Å². The Bertz CT molecular complexity index is 385. The number of rotatable bonds is 0. The van der Waals surface area contributed by atoms with Crippen LogP contribution in [0.2, 0.25) is 0 Å². The second-order valence-electron chi connectivity index (χ2n) is 5.71. The zero-order valence-corrected chi connectivity index (χ0v) is 10.0. The highest BCUT2D eigenvalue weighted by molar-refractivity contribution is 5.42. The average Bonchev–Trinajstić information content (AvgIpc) is 2.55. The van der Waals surface area contributed by atoms with E-state index in [2.05, 4.69) is 27.7 Å². The van der Waals surface area contributed by atoms with Crippen molar-refractivity contribution < 1.29 is 4.39 Å². The second-order valence-corrected chi connectivity index (χ2v) is 5.71. The van der Waals surface area contributed by atoms with E-state index in [9.17, 15) is 4.39 Å². The summed E-state index contributed by atoms with van der Waals surface area (Å²) in [5.41, 5.74) is 3.66. The van der Waals surface area contributed by atoms with Crippen LogP contribution in [0.4, 0.5) is 4.39 Å². The van der Waals surface area contributed by atoms with Crippen LogP contribution in [-0.4, -0.2) is 0 Å². The van der Waals surface area contributed by atoms with E-state index in [-0.39, 0.29) is 11.2 Å². The van der Waals surface area contributed by atoms with Gasteiger partial charge in [0.1, 0.15) is 5.82 Å². The first-order valence-corrected chi connectivity index (χ1v) is 5.69. The molecule has 1 atom stereocenters. The number of hydrogen-bond donors (Lipinski definition) is 0. The molecule has 1 aromatic carbocycles. The summed E-state index contributed by atoms with van der Waals surface area (Å²) in [5, 5.41) is 0. The van der Waals surface area contributed by atoms with Gasteiger partial charge in [0.25, 0.3) is 0 Å². The van der Waals surface area contributed by atoms with Crippen molar-refractivity contribution in [1.29, 1.82) is 0 Å². The van der Waals surface area contributed by atoms with E-state index in [0.29, 0.717) is 5.92 Å². The fourth-order valence-electron chi connectivity index (χ4n) is 2.75. The first-order chi connectivity index (χ1) is 6.91.